The molecule has 2 rings (SSSR count). The molecule has 1 amide bonds. The molecule has 0 aliphatic carbocycles. The third kappa shape index (κ3) is 4.72. The van der Waals surface area contributed by atoms with Crippen LogP contribution in [0.4, 0.5) is 0 Å². The summed E-state index contributed by atoms with van der Waals surface area (Å²) in [5.74, 6) is 0.810. The summed E-state index contributed by atoms with van der Waals surface area (Å²) in [4.78, 5) is 14.0. The van der Waals surface area contributed by atoms with Crippen LogP contribution in [0.15, 0.2) is 30.3 Å². The molecule has 1 aliphatic heterocycles. The lowest BCUT2D eigenvalue weighted by atomic mass is 10.0. The lowest BCUT2D eigenvalue weighted by molar-refractivity contribution is -0.151. The molecule has 0 spiro atoms. The number of morpholine rings is 1. The van der Waals surface area contributed by atoms with Gasteiger partial charge in [-0.2, -0.15) is 0 Å². The summed E-state index contributed by atoms with van der Waals surface area (Å²) in [6.07, 6.45) is 0. The molecular formula is C16H23NO4. The molecule has 1 aliphatic rings. The van der Waals surface area contributed by atoms with Crippen LogP contribution >= 0.6 is 0 Å². The van der Waals surface area contributed by atoms with E-state index >= 15 is 0 Å². The van der Waals surface area contributed by atoms with Crippen molar-refractivity contribution >= 4 is 5.91 Å². The number of hydrogen-bond donors (Lipinski definition) is 0. The van der Waals surface area contributed by atoms with Gasteiger partial charge >= 0.3 is 0 Å². The Kier molecular flexibility index (Phi) is 5.59. The van der Waals surface area contributed by atoms with Gasteiger partial charge in [0, 0.05) is 6.54 Å². The summed E-state index contributed by atoms with van der Waals surface area (Å²) >= 11 is 0. The van der Waals surface area contributed by atoms with Crippen LogP contribution in [-0.2, 0) is 14.3 Å². The Labute approximate surface area is 125 Å². The maximum absolute atomic E-state index is 12.2. The highest BCUT2D eigenvalue weighted by Crippen LogP contribution is 2.18. The van der Waals surface area contributed by atoms with Crippen LogP contribution in [0.1, 0.15) is 13.8 Å². The summed E-state index contributed by atoms with van der Waals surface area (Å²) < 4.78 is 16.3. The first-order chi connectivity index (χ1) is 10.1. The maximum Gasteiger partial charge on any atom is 0.249 e. The topological polar surface area (TPSA) is 48.0 Å². The van der Waals surface area contributed by atoms with Gasteiger partial charge in [-0.25, -0.2) is 0 Å². The largest absolute Gasteiger partial charge is 0.491 e. The Balaban J connectivity index is 1.65. The molecule has 5 nitrogen and oxygen atoms in total. The predicted molar refractivity (Wildman–Crippen MR) is 79.4 cm³/mol. The van der Waals surface area contributed by atoms with Crippen LogP contribution in [0.25, 0.3) is 0 Å². The van der Waals surface area contributed by atoms with Crippen molar-refractivity contribution in [3.8, 4) is 5.75 Å². The van der Waals surface area contributed by atoms with Crippen molar-refractivity contribution in [2.45, 2.75) is 19.4 Å². The number of hydrogen-bond acceptors (Lipinski definition) is 4. The molecule has 1 heterocycles. The normalized spacial score (nSPS) is 17.5. The molecule has 1 fully saturated rings. The molecule has 5 heteroatoms. The van der Waals surface area contributed by atoms with Gasteiger partial charge in [-0.1, -0.05) is 18.2 Å². The van der Waals surface area contributed by atoms with Crippen molar-refractivity contribution in [3.63, 3.8) is 0 Å². The van der Waals surface area contributed by atoms with Crippen LogP contribution in [0.5, 0.6) is 5.75 Å². The molecule has 21 heavy (non-hydrogen) atoms. The summed E-state index contributed by atoms with van der Waals surface area (Å²) in [6.45, 7) is 6.69. The van der Waals surface area contributed by atoms with Crippen molar-refractivity contribution < 1.29 is 19.0 Å². The molecule has 0 radical (unpaired) electrons. The highest BCUT2D eigenvalue weighted by Gasteiger charge is 2.33. The second-order valence-corrected chi connectivity index (χ2v) is 5.62. The number of nitrogens with zero attached hydrogens (tertiary/aromatic N) is 1. The molecular weight excluding hydrogens is 270 g/mol. The smallest absolute Gasteiger partial charge is 0.249 e. The predicted octanol–water partition coefficient (Wildman–Crippen LogP) is 1.72. The van der Waals surface area contributed by atoms with Crippen molar-refractivity contribution in [1.29, 1.82) is 0 Å². The van der Waals surface area contributed by atoms with E-state index in [9.17, 15) is 4.79 Å². The van der Waals surface area contributed by atoms with Gasteiger partial charge in [0.05, 0.1) is 25.4 Å². The first-order valence-corrected chi connectivity index (χ1v) is 7.23. The summed E-state index contributed by atoms with van der Waals surface area (Å²) in [5, 5.41) is 0. The van der Waals surface area contributed by atoms with Gasteiger partial charge < -0.3 is 19.1 Å². The van der Waals surface area contributed by atoms with Crippen LogP contribution < -0.4 is 4.74 Å². The number of para-hydroxylation sites is 1. The van der Waals surface area contributed by atoms with Crippen LogP contribution in [-0.4, -0.2) is 55.9 Å². The van der Waals surface area contributed by atoms with E-state index in [2.05, 4.69) is 0 Å². The van der Waals surface area contributed by atoms with E-state index in [1.807, 2.05) is 49.1 Å². The second kappa shape index (κ2) is 7.43. The van der Waals surface area contributed by atoms with Crippen molar-refractivity contribution in [1.82, 2.24) is 4.90 Å². The average molecular weight is 293 g/mol. The lowest BCUT2D eigenvalue weighted by Crippen LogP contribution is -2.56. The van der Waals surface area contributed by atoms with E-state index in [0.717, 1.165) is 5.75 Å². The van der Waals surface area contributed by atoms with E-state index in [0.29, 0.717) is 33.0 Å². The number of benzene rings is 1. The van der Waals surface area contributed by atoms with Crippen molar-refractivity contribution in [2.75, 3.05) is 39.6 Å². The van der Waals surface area contributed by atoms with Crippen LogP contribution in [0.2, 0.25) is 0 Å². The number of carbonyl (C=O) groups excluding carboxylic acids is 1. The summed E-state index contributed by atoms with van der Waals surface area (Å²) in [7, 11) is 0. The van der Waals surface area contributed by atoms with E-state index < -0.39 is 0 Å². The number of amides is 1. The SMILES string of the molecule is CC1(C)COCCN1C(=O)COCCOc1ccccc1. The fraction of sp³-hybridized carbons (Fsp3) is 0.562. The van der Waals surface area contributed by atoms with E-state index in [-0.39, 0.29) is 18.1 Å². The Morgan fingerprint density at radius 3 is 2.76 bits per heavy atom. The Morgan fingerprint density at radius 1 is 1.29 bits per heavy atom. The minimum Gasteiger partial charge on any atom is -0.491 e. The van der Waals surface area contributed by atoms with E-state index in [4.69, 9.17) is 14.2 Å². The Bertz CT molecular complexity index is 447. The van der Waals surface area contributed by atoms with Gasteiger partial charge in [0.25, 0.3) is 0 Å². The van der Waals surface area contributed by atoms with Gasteiger partial charge in [-0.3, -0.25) is 4.79 Å². The molecule has 0 unspecified atom stereocenters. The minimum absolute atomic E-state index is 0.00279. The standard InChI is InChI=1S/C16H23NO4/c1-16(2)13-20-9-8-17(16)15(18)12-19-10-11-21-14-6-4-3-5-7-14/h3-7H,8-13H2,1-2H3. The van der Waals surface area contributed by atoms with Gasteiger partial charge in [-0.05, 0) is 26.0 Å². The van der Waals surface area contributed by atoms with Gasteiger partial charge in [-0.15, -0.1) is 0 Å². The quantitative estimate of drug-likeness (QED) is 0.749. The lowest BCUT2D eigenvalue weighted by Gasteiger charge is -2.42. The van der Waals surface area contributed by atoms with Crippen LogP contribution in [0.3, 0.4) is 0 Å². The number of carbonyl (C=O) groups is 1. The zero-order valence-electron chi connectivity index (χ0n) is 12.7. The Hall–Kier alpha value is -1.59. The molecule has 0 atom stereocenters. The third-order valence-corrected chi connectivity index (χ3v) is 3.41. The summed E-state index contributed by atoms with van der Waals surface area (Å²) in [5.41, 5.74) is -0.265. The van der Waals surface area contributed by atoms with Crippen LogP contribution in [0, 0.1) is 0 Å². The molecule has 1 aromatic rings. The molecule has 0 aromatic heterocycles. The number of ether oxygens (including phenoxy) is 3. The minimum atomic E-state index is -0.265. The fourth-order valence-corrected chi connectivity index (χ4v) is 2.29. The molecule has 0 saturated carbocycles. The maximum atomic E-state index is 12.2. The Morgan fingerprint density at radius 2 is 2.05 bits per heavy atom. The molecule has 0 bridgehead atoms. The van der Waals surface area contributed by atoms with E-state index in [1.54, 1.807) is 0 Å². The zero-order chi connectivity index (χ0) is 15.1. The first kappa shape index (κ1) is 15.8. The third-order valence-electron chi connectivity index (χ3n) is 3.41. The molecule has 1 aromatic carbocycles. The molecule has 116 valence electrons. The highest BCUT2D eigenvalue weighted by molar-refractivity contribution is 5.78. The fourth-order valence-electron chi connectivity index (χ4n) is 2.29. The average Bonchev–Trinajstić information content (AvgIpc) is 2.47. The van der Waals surface area contributed by atoms with Gasteiger partial charge in [0.1, 0.15) is 19.0 Å². The van der Waals surface area contributed by atoms with E-state index in [1.165, 1.54) is 0 Å². The monoisotopic (exact) mass is 293 g/mol. The first-order valence-electron chi connectivity index (χ1n) is 7.23. The zero-order valence-corrected chi connectivity index (χ0v) is 12.7. The molecule has 0 N–H and O–H groups in total. The van der Waals surface area contributed by atoms with Crippen molar-refractivity contribution in [2.24, 2.45) is 0 Å². The van der Waals surface area contributed by atoms with Gasteiger partial charge in [0.15, 0.2) is 0 Å². The highest BCUT2D eigenvalue weighted by atomic mass is 16.5. The summed E-state index contributed by atoms with van der Waals surface area (Å²) in [6, 6.07) is 9.55. The van der Waals surface area contributed by atoms with Gasteiger partial charge in [0.2, 0.25) is 5.91 Å². The van der Waals surface area contributed by atoms with Crippen molar-refractivity contribution in [3.05, 3.63) is 30.3 Å². The molecule has 1 saturated heterocycles. The number of rotatable bonds is 6. The second-order valence-electron chi connectivity index (χ2n) is 5.62.